The summed E-state index contributed by atoms with van der Waals surface area (Å²) in [7, 11) is 0. The molecule has 24 nitrogen and oxygen atoms in total. The Balaban J connectivity index is 1.04. The number of hydrogen-bond acceptors (Lipinski definition) is 24. The lowest BCUT2D eigenvalue weighted by atomic mass is 9.70. The van der Waals surface area contributed by atoms with Crippen molar-refractivity contribution in [3.05, 3.63) is 164 Å². The molecule has 0 unspecified atom stereocenters. The molecule has 0 spiro atoms. The third kappa shape index (κ3) is 7.01. The molecular weight excluding hydrogens is 1100 g/mol. The van der Waals surface area contributed by atoms with E-state index >= 15 is 0 Å². The van der Waals surface area contributed by atoms with Gasteiger partial charge in [-0.1, -0.05) is 12.1 Å². The second-order valence-corrected chi connectivity index (χ2v) is 21.4. The molecule has 11 atom stereocenters. The number of ether oxygens (including phenoxy) is 6. The number of aromatic hydroxyl groups is 14. The number of phenolic OH excluding ortho intramolecular Hbond substituents is 14. The SMILES string of the molecule is Oc1cc(O)c2c(c1)O[C@@]1(c3ccc(O)c(O)c3)Oc3cc(O)c4c(c3[C@@H]2[C@H]1O)O[C@H](c1ccc(O)c(O)c1)[C@H](O)[C@H]4c1c(O)cc(O)c2c1O[C@@]1(c3ccc(O)c(O)c3)Oc3cc(O)c4c(c3[C@@H]2[C@H]1O)O[C@H](c1ccc(O)c(O)c1)[C@H](O)C4. The van der Waals surface area contributed by atoms with Crippen LogP contribution in [0.2, 0.25) is 0 Å². The molecule has 0 aliphatic carbocycles. The summed E-state index contributed by atoms with van der Waals surface area (Å²) in [6.45, 7) is 0. The van der Waals surface area contributed by atoms with E-state index in [0.29, 0.717) is 0 Å². The third-order valence-electron chi connectivity index (χ3n) is 16.7. The fourth-order valence-corrected chi connectivity index (χ4v) is 12.9. The summed E-state index contributed by atoms with van der Waals surface area (Å²) < 4.78 is 39.7. The van der Waals surface area contributed by atoms with Gasteiger partial charge in [-0.2, -0.15) is 0 Å². The quantitative estimate of drug-likeness (QED) is 0.0947. The first-order chi connectivity index (χ1) is 40.0. The van der Waals surface area contributed by atoms with Gasteiger partial charge in [0.25, 0.3) is 0 Å². The van der Waals surface area contributed by atoms with Crippen molar-refractivity contribution in [3.63, 3.8) is 0 Å². The second-order valence-electron chi connectivity index (χ2n) is 21.4. The Morgan fingerprint density at radius 1 is 0.333 bits per heavy atom. The number of benzene rings is 8. The van der Waals surface area contributed by atoms with Gasteiger partial charge in [0.05, 0.1) is 23.9 Å². The molecule has 4 bridgehead atoms. The fourth-order valence-electron chi connectivity index (χ4n) is 12.9. The predicted octanol–water partition coefficient (Wildman–Crippen LogP) is 5.49. The molecule has 0 saturated carbocycles. The molecule has 6 heterocycles. The van der Waals surface area contributed by atoms with Crippen LogP contribution in [0, 0.1) is 0 Å². The molecule has 8 aromatic rings. The minimum Gasteiger partial charge on any atom is -0.508 e. The minimum absolute atomic E-state index is 0.0346. The largest absolute Gasteiger partial charge is 0.508 e. The van der Waals surface area contributed by atoms with Crippen molar-refractivity contribution in [3.8, 4) is 115 Å². The smallest absolute Gasteiger partial charge is 0.305 e. The highest BCUT2D eigenvalue weighted by Crippen LogP contribution is 2.68. The van der Waals surface area contributed by atoms with Gasteiger partial charge in [-0.3, -0.25) is 0 Å². The Bertz CT molecular complexity index is 4180. The van der Waals surface area contributed by atoms with E-state index in [1.54, 1.807) is 0 Å². The Morgan fingerprint density at radius 2 is 0.762 bits per heavy atom. The molecule has 0 saturated heterocycles. The van der Waals surface area contributed by atoms with Crippen molar-refractivity contribution in [1.82, 2.24) is 0 Å². The first-order valence-corrected chi connectivity index (χ1v) is 25.8. The van der Waals surface area contributed by atoms with E-state index in [2.05, 4.69) is 0 Å². The van der Waals surface area contributed by atoms with E-state index in [-0.39, 0.29) is 79.5 Å². The molecule has 18 N–H and O–H groups in total. The maximum absolute atomic E-state index is 13.1. The molecule has 0 fully saturated rings. The van der Waals surface area contributed by atoms with Crippen molar-refractivity contribution in [2.75, 3.05) is 0 Å². The van der Waals surface area contributed by atoms with Crippen LogP contribution >= 0.6 is 0 Å². The van der Waals surface area contributed by atoms with E-state index in [4.69, 9.17) is 28.4 Å². The van der Waals surface area contributed by atoms with E-state index in [9.17, 15) is 91.9 Å². The van der Waals surface area contributed by atoms with E-state index in [0.717, 1.165) is 78.9 Å². The number of aliphatic hydroxyl groups excluding tert-OH is 4. The summed E-state index contributed by atoms with van der Waals surface area (Å²) in [6, 6.07) is 18.6. The average molecular weight is 1150 g/mol. The molecule has 84 heavy (non-hydrogen) atoms. The number of fused-ring (bicyclic) bond motifs is 16. The molecule has 6 aliphatic heterocycles. The maximum atomic E-state index is 13.1. The van der Waals surface area contributed by atoms with Gasteiger partial charge in [0.15, 0.2) is 52.1 Å². The molecule has 8 aromatic carbocycles. The molecule has 6 aliphatic rings. The Kier molecular flexibility index (Phi) is 10.8. The maximum Gasteiger partial charge on any atom is 0.305 e. The monoisotopic (exact) mass is 1150 g/mol. The lowest BCUT2D eigenvalue weighted by Gasteiger charge is -2.52. The minimum atomic E-state index is -2.67. The highest BCUT2D eigenvalue weighted by Gasteiger charge is 2.64. The van der Waals surface area contributed by atoms with Gasteiger partial charge in [-0.15, -0.1) is 0 Å². The van der Waals surface area contributed by atoms with Crippen molar-refractivity contribution >= 4 is 0 Å². The van der Waals surface area contributed by atoms with Crippen LogP contribution in [0.15, 0.2) is 103 Å². The summed E-state index contributed by atoms with van der Waals surface area (Å²) in [4.78, 5) is 0. The summed E-state index contributed by atoms with van der Waals surface area (Å²) in [5, 5.41) is 207. The highest BCUT2D eigenvalue weighted by atomic mass is 16.7. The zero-order valence-corrected chi connectivity index (χ0v) is 42.7. The van der Waals surface area contributed by atoms with Crippen LogP contribution in [0.3, 0.4) is 0 Å². The molecule has 430 valence electrons. The normalized spacial score (nSPS) is 26.3. The highest BCUT2D eigenvalue weighted by molar-refractivity contribution is 5.75. The molecular formula is C60H46O24. The van der Waals surface area contributed by atoms with E-state index in [1.807, 2.05) is 0 Å². The Morgan fingerprint density at radius 3 is 1.32 bits per heavy atom. The average Bonchev–Trinajstić information content (AvgIpc) is 0.713. The number of phenols is 14. The number of hydrogen-bond donors (Lipinski definition) is 18. The van der Waals surface area contributed by atoms with Gasteiger partial charge < -0.3 is 120 Å². The number of rotatable bonds is 5. The second kappa shape index (κ2) is 17.6. The van der Waals surface area contributed by atoms with Gasteiger partial charge in [-0.25, -0.2) is 0 Å². The summed E-state index contributed by atoms with van der Waals surface area (Å²) in [5.74, 6) is -21.6. The Labute approximate surface area is 470 Å². The standard InChI is InChI=1S/C60H46O24/c61-23-13-34(71)42-39(14-23)81-59(21-3-7-27(64)32(69)11-21)57(77)49(42)47-41(82-59)18-37(74)43-48(51(76)53(80-55(43)47)20-2-6-26(63)31(68)10-20)44-35(72)16-36(73)45-50-46-40(83-60(58(50)78,84-56(44)45)22-4-8-28(65)33(70)12-22)17-29(66)24-15-38(75)52(79-54(24)46)19-1-5-25(62)30(67)9-19/h1-14,16-18,38,48-53,57-58,61-78H,15H2/t38-,48-,49-,50-,51-,52-,53-,57-,58-,59+,60-/m1/s1. The molecule has 0 amide bonds. The first kappa shape index (κ1) is 51.7. The van der Waals surface area contributed by atoms with Crippen LogP contribution in [-0.4, -0.2) is 116 Å². The van der Waals surface area contributed by atoms with Gasteiger partial charge >= 0.3 is 11.6 Å². The van der Waals surface area contributed by atoms with Gasteiger partial charge in [-0.05, 0) is 71.8 Å². The molecule has 24 heteroatoms. The van der Waals surface area contributed by atoms with Gasteiger partial charge in [0.1, 0.15) is 93.4 Å². The van der Waals surface area contributed by atoms with E-state index in [1.165, 1.54) is 24.3 Å². The summed E-state index contributed by atoms with van der Waals surface area (Å²) in [5.41, 5.74) is -2.15. The zero-order valence-electron chi connectivity index (χ0n) is 42.7. The fraction of sp³-hybridized carbons (Fsp3) is 0.200. The third-order valence-corrected chi connectivity index (χ3v) is 16.7. The lowest BCUT2D eigenvalue weighted by Crippen LogP contribution is -2.58. The van der Waals surface area contributed by atoms with Crippen LogP contribution in [0.1, 0.15) is 91.2 Å². The van der Waals surface area contributed by atoms with E-state index < -0.39 is 169 Å². The predicted molar refractivity (Wildman–Crippen MR) is 281 cm³/mol. The zero-order chi connectivity index (χ0) is 59.1. The van der Waals surface area contributed by atoms with Crippen LogP contribution in [0.25, 0.3) is 0 Å². The number of aliphatic hydroxyl groups is 4. The van der Waals surface area contributed by atoms with Crippen molar-refractivity contribution in [1.29, 1.82) is 0 Å². The lowest BCUT2D eigenvalue weighted by molar-refractivity contribution is -0.219. The van der Waals surface area contributed by atoms with Gasteiger partial charge in [0, 0.05) is 86.8 Å². The first-order valence-electron chi connectivity index (χ1n) is 25.8. The van der Waals surface area contributed by atoms with Crippen molar-refractivity contribution in [2.24, 2.45) is 0 Å². The molecule has 0 radical (unpaired) electrons. The van der Waals surface area contributed by atoms with Crippen LogP contribution in [-0.2, 0) is 18.0 Å². The summed E-state index contributed by atoms with van der Waals surface area (Å²) in [6.07, 6.45) is -11.0. The molecule has 0 aromatic heterocycles. The Hall–Kier alpha value is -10.4. The van der Waals surface area contributed by atoms with Crippen molar-refractivity contribution < 1.29 is 120 Å². The van der Waals surface area contributed by atoms with Gasteiger partial charge in [0.2, 0.25) is 0 Å². The molecule has 14 rings (SSSR count). The summed E-state index contributed by atoms with van der Waals surface area (Å²) >= 11 is 0. The van der Waals surface area contributed by atoms with Crippen molar-refractivity contribution in [2.45, 2.75) is 72.4 Å². The van der Waals surface area contributed by atoms with Crippen LogP contribution in [0.5, 0.6) is 115 Å². The topological polar surface area (TPSA) is 420 Å². The van der Waals surface area contributed by atoms with Crippen LogP contribution < -0.4 is 28.4 Å². The van der Waals surface area contributed by atoms with Crippen LogP contribution in [0.4, 0.5) is 0 Å².